The smallest absolute Gasteiger partial charge is 0.339 e. The molecule has 2 heterocycles. The largest absolute Gasteiger partial charge is 0.453 e. The van der Waals surface area contributed by atoms with Gasteiger partial charge in [0, 0.05) is 15.1 Å². The van der Waals surface area contributed by atoms with E-state index in [1.165, 1.54) is 11.3 Å². The standard InChI is InChI=1S/C22H16O3S2/c1-14(20-13-15-7-2-5-10-18(15)27-20)25-22(24)17-9-4-3-8-16(17)21(23)19-11-6-12-26-19/h2-14H,1H3. The molecule has 0 fully saturated rings. The first-order chi connectivity index (χ1) is 13.1. The quantitative estimate of drug-likeness (QED) is 0.304. The summed E-state index contributed by atoms with van der Waals surface area (Å²) in [5, 5.41) is 2.98. The van der Waals surface area contributed by atoms with Gasteiger partial charge in [-0.05, 0) is 42.0 Å². The van der Waals surface area contributed by atoms with E-state index in [1.807, 2.05) is 48.7 Å². The topological polar surface area (TPSA) is 43.4 Å². The van der Waals surface area contributed by atoms with E-state index in [0.717, 1.165) is 15.0 Å². The van der Waals surface area contributed by atoms with Crippen molar-refractivity contribution in [2.24, 2.45) is 0 Å². The number of rotatable bonds is 5. The number of carbonyl (C=O) groups is 2. The SMILES string of the molecule is CC(OC(=O)c1ccccc1C(=O)c1cccs1)c1cc2ccccc2s1. The van der Waals surface area contributed by atoms with E-state index >= 15 is 0 Å². The molecule has 4 rings (SSSR count). The Morgan fingerprint density at radius 1 is 0.926 bits per heavy atom. The molecule has 134 valence electrons. The Morgan fingerprint density at radius 2 is 1.67 bits per heavy atom. The minimum atomic E-state index is -0.486. The lowest BCUT2D eigenvalue weighted by Crippen LogP contribution is -2.13. The molecule has 1 unspecified atom stereocenters. The van der Waals surface area contributed by atoms with Gasteiger partial charge in [-0.1, -0.05) is 42.5 Å². The minimum Gasteiger partial charge on any atom is -0.453 e. The first kappa shape index (κ1) is 17.6. The first-order valence-corrected chi connectivity index (χ1v) is 10.2. The number of carbonyl (C=O) groups excluding carboxylic acids is 2. The first-order valence-electron chi connectivity index (χ1n) is 8.50. The molecule has 0 amide bonds. The molecular formula is C22H16O3S2. The molecule has 5 heteroatoms. The summed E-state index contributed by atoms with van der Waals surface area (Å²) in [6.45, 7) is 1.85. The third-order valence-electron chi connectivity index (χ3n) is 4.27. The Hall–Kier alpha value is -2.76. The fraction of sp³-hybridized carbons (Fsp3) is 0.0909. The van der Waals surface area contributed by atoms with Gasteiger partial charge in [-0.3, -0.25) is 4.79 Å². The Morgan fingerprint density at radius 3 is 2.41 bits per heavy atom. The van der Waals surface area contributed by atoms with Gasteiger partial charge in [0.1, 0.15) is 6.10 Å². The van der Waals surface area contributed by atoms with Crippen LogP contribution in [0.1, 0.15) is 43.5 Å². The zero-order valence-electron chi connectivity index (χ0n) is 14.5. The zero-order chi connectivity index (χ0) is 18.8. The van der Waals surface area contributed by atoms with Crippen molar-refractivity contribution in [2.45, 2.75) is 13.0 Å². The highest BCUT2D eigenvalue weighted by molar-refractivity contribution is 7.19. The number of thiophene rings is 2. The second kappa shape index (κ2) is 7.47. The fourth-order valence-electron chi connectivity index (χ4n) is 2.88. The molecule has 0 aliphatic heterocycles. The summed E-state index contributed by atoms with van der Waals surface area (Å²) in [6.07, 6.45) is -0.389. The number of benzene rings is 2. The minimum absolute atomic E-state index is 0.160. The van der Waals surface area contributed by atoms with Crippen molar-refractivity contribution in [2.75, 3.05) is 0 Å². The molecule has 0 radical (unpaired) electrons. The third-order valence-corrected chi connectivity index (χ3v) is 6.41. The lowest BCUT2D eigenvalue weighted by Gasteiger charge is -2.13. The summed E-state index contributed by atoms with van der Waals surface area (Å²) < 4.78 is 6.84. The lowest BCUT2D eigenvalue weighted by molar-refractivity contribution is 0.0343. The normalized spacial score (nSPS) is 12.0. The number of ether oxygens (including phenoxy) is 1. The van der Waals surface area contributed by atoms with Gasteiger partial charge in [-0.15, -0.1) is 22.7 Å². The number of fused-ring (bicyclic) bond motifs is 1. The van der Waals surface area contributed by atoms with Crippen LogP contribution in [-0.4, -0.2) is 11.8 Å². The van der Waals surface area contributed by atoms with Crippen LogP contribution in [0, 0.1) is 0 Å². The van der Waals surface area contributed by atoms with Crippen LogP contribution in [-0.2, 0) is 4.74 Å². The van der Waals surface area contributed by atoms with Gasteiger partial charge < -0.3 is 4.74 Å². The van der Waals surface area contributed by atoms with E-state index in [-0.39, 0.29) is 11.9 Å². The number of esters is 1. The molecule has 3 nitrogen and oxygen atoms in total. The maximum atomic E-state index is 12.8. The predicted octanol–water partition coefficient (Wildman–Crippen LogP) is 6.11. The van der Waals surface area contributed by atoms with Gasteiger partial charge in [0.25, 0.3) is 0 Å². The summed E-state index contributed by atoms with van der Waals surface area (Å²) in [6, 6.07) is 20.5. The van der Waals surface area contributed by atoms with Crippen molar-refractivity contribution >= 4 is 44.5 Å². The van der Waals surface area contributed by atoms with Crippen LogP contribution in [0.3, 0.4) is 0 Å². The molecule has 1 atom stereocenters. The molecule has 0 N–H and O–H groups in total. The van der Waals surface area contributed by atoms with Crippen LogP contribution in [0.2, 0.25) is 0 Å². The van der Waals surface area contributed by atoms with Gasteiger partial charge in [-0.25, -0.2) is 4.79 Å². The summed E-state index contributed by atoms with van der Waals surface area (Å²) >= 11 is 2.97. The molecule has 2 aromatic carbocycles. The van der Waals surface area contributed by atoms with Crippen LogP contribution < -0.4 is 0 Å². The van der Waals surface area contributed by atoms with Crippen molar-refractivity contribution < 1.29 is 14.3 Å². The molecule has 0 bridgehead atoms. The van der Waals surface area contributed by atoms with E-state index in [0.29, 0.717) is 16.0 Å². The summed E-state index contributed by atoms with van der Waals surface area (Å²) in [4.78, 5) is 27.1. The highest BCUT2D eigenvalue weighted by atomic mass is 32.1. The third kappa shape index (κ3) is 3.56. The maximum absolute atomic E-state index is 12.8. The molecule has 0 spiro atoms. The number of hydrogen-bond donors (Lipinski definition) is 0. The second-order valence-corrected chi connectivity index (χ2v) is 8.15. The average Bonchev–Trinajstić information content (AvgIpc) is 3.37. The van der Waals surface area contributed by atoms with Crippen molar-refractivity contribution in [3.05, 3.63) is 93.0 Å². The van der Waals surface area contributed by atoms with Crippen LogP contribution in [0.15, 0.2) is 72.1 Å². The van der Waals surface area contributed by atoms with Crippen LogP contribution in [0.25, 0.3) is 10.1 Å². The second-order valence-electron chi connectivity index (χ2n) is 6.09. The molecule has 0 aliphatic carbocycles. The summed E-state index contributed by atoms with van der Waals surface area (Å²) in [5.74, 6) is -0.646. The van der Waals surface area contributed by atoms with Crippen molar-refractivity contribution in [1.82, 2.24) is 0 Å². The van der Waals surface area contributed by atoms with Gasteiger partial charge in [0.2, 0.25) is 5.78 Å². The van der Waals surface area contributed by atoms with Crippen LogP contribution >= 0.6 is 22.7 Å². The van der Waals surface area contributed by atoms with Crippen LogP contribution in [0.5, 0.6) is 0 Å². The van der Waals surface area contributed by atoms with E-state index in [2.05, 4.69) is 0 Å². The van der Waals surface area contributed by atoms with E-state index < -0.39 is 5.97 Å². The van der Waals surface area contributed by atoms with E-state index in [9.17, 15) is 9.59 Å². The molecule has 2 aromatic heterocycles. The van der Waals surface area contributed by atoms with Gasteiger partial charge >= 0.3 is 5.97 Å². The zero-order valence-corrected chi connectivity index (χ0v) is 16.2. The average molecular weight is 393 g/mol. The maximum Gasteiger partial charge on any atom is 0.339 e. The van der Waals surface area contributed by atoms with Gasteiger partial charge in [0.05, 0.1) is 10.4 Å². The molecular weight excluding hydrogens is 376 g/mol. The van der Waals surface area contributed by atoms with Gasteiger partial charge in [0.15, 0.2) is 0 Å². The molecule has 27 heavy (non-hydrogen) atoms. The number of ketones is 1. The highest BCUT2D eigenvalue weighted by Crippen LogP contribution is 2.32. The predicted molar refractivity (Wildman–Crippen MR) is 110 cm³/mol. The van der Waals surface area contributed by atoms with Gasteiger partial charge in [-0.2, -0.15) is 0 Å². The van der Waals surface area contributed by atoms with Crippen LogP contribution in [0.4, 0.5) is 0 Å². The van der Waals surface area contributed by atoms with Crippen molar-refractivity contribution in [3.63, 3.8) is 0 Å². The van der Waals surface area contributed by atoms with Crippen molar-refractivity contribution in [1.29, 1.82) is 0 Å². The summed E-state index contributed by atoms with van der Waals surface area (Å²) in [5.41, 5.74) is 0.664. The van der Waals surface area contributed by atoms with E-state index in [4.69, 9.17) is 4.74 Å². The molecule has 0 saturated carbocycles. The summed E-state index contributed by atoms with van der Waals surface area (Å²) in [7, 11) is 0. The molecule has 0 saturated heterocycles. The van der Waals surface area contributed by atoms with E-state index in [1.54, 1.807) is 41.7 Å². The van der Waals surface area contributed by atoms with Crippen molar-refractivity contribution in [3.8, 4) is 0 Å². The monoisotopic (exact) mass is 392 g/mol. The Bertz CT molecular complexity index is 1080. The Labute approximate surface area is 164 Å². The molecule has 4 aromatic rings. The number of hydrogen-bond acceptors (Lipinski definition) is 5. The lowest BCUT2D eigenvalue weighted by atomic mass is 10.0. The molecule has 0 aliphatic rings. The fourth-order valence-corrected chi connectivity index (χ4v) is 4.61. The highest BCUT2D eigenvalue weighted by Gasteiger charge is 2.22. The Balaban J connectivity index is 1.59. The Kier molecular flexibility index (Phi) is 4.88.